The van der Waals surface area contributed by atoms with Gasteiger partial charge in [-0.2, -0.15) is 0 Å². The summed E-state index contributed by atoms with van der Waals surface area (Å²) < 4.78 is 5.02. The van der Waals surface area contributed by atoms with Crippen LogP contribution in [-0.2, 0) is 6.42 Å². The second-order valence-corrected chi connectivity index (χ2v) is 2.01. The van der Waals surface area contributed by atoms with Crippen LogP contribution in [0.15, 0.2) is 29.0 Å². The molecule has 0 aliphatic heterocycles. The van der Waals surface area contributed by atoms with E-state index >= 15 is 0 Å². The van der Waals surface area contributed by atoms with Gasteiger partial charge in [0, 0.05) is 6.42 Å². The van der Waals surface area contributed by atoms with Crippen LogP contribution >= 0.6 is 0 Å². The maximum atomic E-state index is 5.02. The molecule has 0 amide bonds. The van der Waals surface area contributed by atoms with E-state index in [2.05, 4.69) is 24.1 Å². The molecule has 1 heterocycles. The zero-order chi connectivity index (χ0) is 7.23. The summed E-state index contributed by atoms with van der Waals surface area (Å²) in [4.78, 5) is 3.97. The summed E-state index contributed by atoms with van der Waals surface area (Å²) in [5.74, 6) is 0.782. The molecule has 1 aromatic heterocycles. The smallest absolute Gasteiger partial charge is 0.197 e. The number of aromatic nitrogens is 1. The van der Waals surface area contributed by atoms with Crippen molar-refractivity contribution in [2.45, 2.75) is 19.8 Å². The molecule has 2 nitrogen and oxygen atoms in total. The molecular weight excluding hydrogens is 126 g/mol. The summed E-state index contributed by atoms with van der Waals surface area (Å²) in [7, 11) is 0. The van der Waals surface area contributed by atoms with Crippen molar-refractivity contribution in [3.05, 3.63) is 30.5 Å². The zero-order valence-electron chi connectivity index (χ0n) is 6.08. The Balaban J connectivity index is 2.34. The van der Waals surface area contributed by atoms with Crippen molar-refractivity contribution >= 4 is 0 Å². The number of nitrogens with zero attached hydrogens (tertiary/aromatic N) is 1. The monoisotopic (exact) mass is 137 g/mol. The predicted octanol–water partition coefficient (Wildman–Crippen LogP) is 2.18. The summed E-state index contributed by atoms with van der Waals surface area (Å²) >= 11 is 0. The zero-order valence-corrected chi connectivity index (χ0v) is 6.08. The van der Waals surface area contributed by atoms with E-state index in [1.54, 1.807) is 12.5 Å². The molecule has 0 unspecified atom stereocenters. The van der Waals surface area contributed by atoms with E-state index in [9.17, 15) is 0 Å². The van der Waals surface area contributed by atoms with E-state index < -0.39 is 0 Å². The minimum absolute atomic E-state index is 0.782. The molecule has 0 spiro atoms. The molecule has 1 aromatic rings. The van der Waals surface area contributed by atoms with E-state index in [1.807, 2.05) is 0 Å². The molecule has 2 heteroatoms. The van der Waals surface area contributed by atoms with Crippen molar-refractivity contribution < 1.29 is 4.42 Å². The fourth-order valence-electron chi connectivity index (χ4n) is 0.705. The van der Waals surface area contributed by atoms with Crippen LogP contribution in [0.5, 0.6) is 0 Å². The summed E-state index contributed by atoms with van der Waals surface area (Å²) in [6.45, 7) is 2.10. The fourth-order valence-corrected chi connectivity index (χ4v) is 0.705. The lowest BCUT2D eigenvalue weighted by atomic mass is 10.3. The first-order valence-corrected chi connectivity index (χ1v) is 3.47. The van der Waals surface area contributed by atoms with E-state index in [-0.39, 0.29) is 0 Å². The van der Waals surface area contributed by atoms with Crippen LogP contribution in [0, 0.1) is 0 Å². The van der Waals surface area contributed by atoms with Crippen LogP contribution in [-0.4, -0.2) is 4.98 Å². The highest BCUT2D eigenvalue weighted by atomic mass is 16.3. The third kappa shape index (κ3) is 2.05. The number of rotatable bonds is 3. The fraction of sp³-hybridized carbons (Fsp3) is 0.375. The minimum Gasteiger partial charge on any atom is -0.449 e. The Morgan fingerprint density at radius 2 is 2.50 bits per heavy atom. The van der Waals surface area contributed by atoms with E-state index in [0.717, 1.165) is 18.7 Å². The minimum atomic E-state index is 0.782. The van der Waals surface area contributed by atoms with E-state index in [1.165, 1.54) is 0 Å². The SMILES string of the molecule is CC/C=C\Cc1ncco1. The maximum Gasteiger partial charge on any atom is 0.197 e. The molecular formula is C8H11NO. The molecule has 0 saturated carbocycles. The Kier molecular flexibility index (Phi) is 2.74. The van der Waals surface area contributed by atoms with Crippen LogP contribution in [0.2, 0.25) is 0 Å². The van der Waals surface area contributed by atoms with Gasteiger partial charge in [0.1, 0.15) is 6.26 Å². The summed E-state index contributed by atoms with van der Waals surface area (Å²) in [6.07, 6.45) is 9.29. The van der Waals surface area contributed by atoms with Crippen molar-refractivity contribution in [3.63, 3.8) is 0 Å². The van der Waals surface area contributed by atoms with Gasteiger partial charge in [0.15, 0.2) is 5.89 Å². The number of hydrogen-bond donors (Lipinski definition) is 0. The number of allylic oxidation sites excluding steroid dienone is 2. The Morgan fingerprint density at radius 3 is 3.10 bits per heavy atom. The highest BCUT2D eigenvalue weighted by molar-refractivity contribution is 4.92. The van der Waals surface area contributed by atoms with Crippen LogP contribution in [0.25, 0.3) is 0 Å². The lowest BCUT2D eigenvalue weighted by Crippen LogP contribution is -1.77. The van der Waals surface area contributed by atoms with Gasteiger partial charge in [-0.1, -0.05) is 19.1 Å². The van der Waals surface area contributed by atoms with Crippen LogP contribution in [0.1, 0.15) is 19.2 Å². The Bertz CT molecular complexity index is 189. The molecule has 1 rings (SSSR count). The van der Waals surface area contributed by atoms with Gasteiger partial charge in [-0.05, 0) is 6.42 Å². The Labute approximate surface area is 60.6 Å². The first-order valence-electron chi connectivity index (χ1n) is 3.47. The Morgan fingerprint density at radius 1 is 1.60 bits per heavy atom. The van der Waals surface area contributed by atoms with Gasteiger partial charge < -0.3 is 4.42 Å². The van der Waals surface area contributed by atoms with Gasteiger partial charge >= 0.3 is 0 Å². The summed E-state index contributed by atoms with van der Waals surface area (Å²) in [6, 6.07) is 0. The quantitative estimate of drug-likeness (QED) is 0.597. The highest BCUT2D eigenvalue weighted by Crippen LogP contribution is 1.96. The van der Waals surface area contributed by atoms with Crippen molar-refractivity contribution in [3.8, 4) is 0 Å². The van der Waals surface area contributed by atoms with Gasteiger partial charge in [0.05, 0.1) is 6.20 Å². The molecule has 0 aliphatic rings. The molecule has 54 valence electrons. The topological polar surface area (TPSA) is 26.0 Å². The first-order chi connectivity index (χ1) is 4.93. The van der Waals surface area contributed by atoms with Gasteiger partial charge in [0.25, 0.3) is 0 Å². The second-order valence-electron chi connectivity index (χ2n) is 2.01. The molecule has 0 atom stereocenters. The standard InChI is InChI=1S/C8H11NO/c1-2-3-4-5-8-9-6-7-10-8/h3-4,6-7H,2,5H2,1H3/b4-3-. The third-order valence-electron chi connectivity index (χ3n) is 1.18. The highest BCUT2D eigenvalue weighted by Gasteiger charge is 1.89. The largest absolute Gasteiger partial charge is 0.449 e. The lowest BCUT2D eigenvalue weighted by Gasteiger charge is -1.83. The number of hydrogen-bond acceptors (Lipinski definition) is 2. The summed E-state index contributed by atoms with van der Waals surface area (Å²) in [5.41, 5.74) is 0. The summed E-state index contributed by atoms with van der Waals surface area (Å²) in [5, 5.41) is 0. The Hall–Kier alpha value is -1.05. The van der Waals surface area contributed by atoms with Crippen LogP contribution < -0.4 is 0 Å². The van der Waals surface area contributed by atoms with Gasteiger partial charge in [-0.15, -0.1) is 0 Å². The average Bonchev–Trinajstić information content (AvgIpc) is 2.41. The molecule has 0 radical (unpaired) electrons. The van der Waals surface area contributed by atoms with Crippen molar-refractivity contribution in [2.24, 2.45) is 0 Å². The average molecular weight is 137 g/mol. The molecule has 0 fully saturated rings. The second kappa shape index (κ2) is 3.88. The van der Waals surface area contributed by atoms with Gasteiger partial charge in [0.2, 0.25) is 0 Å². The predicted molar refractivity (Wildman–Crippen MR) is 39.6 cm³/mol. The van der Waals surface area contributed by atoms with E-state index in [0.29, 0.717) is 0 Å². The normalized spacial score (nSPS) is 10.9. The van der Waals surface area contributed by atoms with E-state index in [4.69, 9.17) is 4.42 Å². The molecule has 10 heavy (non-hydrogen) atoms. The number of oxazole rings is 1. The molecule has 0 aromatic carbocycles. The molecule has 0 N–H and O–H groups in total. The van der Waals surface area contributed by atoms with Crippen molar-refractivity contribution in [1.29, 1.82) is 0 Å². The van der Waals surface area contributed by atoms with Crippen LogP contribution in [0.4, 0.5) is 0 Å². The molecule has 0 bridgehead atoms. The lowest BCUT2D eigenvalue weighted by molar-refractivity contribution is 0.509. The van der Waals surface area contributed by atoms with Gasteiger partial charge in [-0.25, -0.2) is 4.98 Å². The first kappa shape index (κ1) is 7.06. The maximum absolute atomic E-state index is 5.02. The molecule has 0 aliphatic carbocycles. The van der Waals surface area contributed by atoms with Crippen molar-refractivity contribution in [2.75, 3.05) is 0 Å². The molecule has 0 saturated heterocycles. The van der Waals surface area contributed by atoms with Gasteiger partial charge in [-0.3, -0.25) is 0 Å². The third-order valence-corrected chi connectivity index (χ3v) is 1.18. The van der Waals surface area contributed by atoms with Crippen molar-refractivity contribution in [1.82, 2.24) is 4.98 Å². The van der Waals surface area contributed by atoms with Crippen LogP contribution in [0.3, 0.4) is 0 Å².